The van der Waals surface area contributed by atoms with Crippen molar-refractivity contribution >= 4 is 22.5 Å². The summed E-state index contributed by atoms with van der Waals surface area (Å²) in [6, 6.07) is 17.6. The Morgan fingerprint density at radius 2 is 1.46 bits per heavy atom. The van der Waals surface area contributed by atoms with Gasteiger partial charge in [0, 0.05) is 10.9 Å². The fourth-order valence-electron chi connectivity index (χ4n) is 5.19. The van der Waals surface area contributed by atoms with Gasteiger partial charge in [0.2, 0.25) is 0 Å². The molecule has 6 heteroatoms. The molecule has 5 rings (SSSR count). The largest absolute Gasteiger partial charge is 0.507 e. The summed E-state index contributed by atoms with van der Waals surface area (Å²) < 4.78 is 6.28. The Morgan fingerprint density at radius 1 is 0.821 bits per heavy atom. The molecule has 0 fully saturated rings. The molecule has 0 radical (unpaired) electrons. The van der Waals surface area contributed by atoms with E-state index in [9.17, 15) is 19.8 Å². The number of pyridine rings is 1. The molecule has 0 saturated heterocycles. The zero-order valence-electron chi connectivity index (χ0n) is 23.1. The fraction of sp³-hybridized carbons (Fsp3) is 0.303. The number of ketones is 2. The molecule has 4 aromatic rings. The first kappa shape index (κ1) is 26.4. The summed E-state index contributed by atoms with van der Waals surface area (Å²) in [5.41, 5.74) is 3.23. The van der Waals surface area contributed by atoms with Gasteiger partial charge in [0.25, 0.3) is 0 Å². The second-order valence-corrected chi connectivity index (χ2v) is 12.3. The molecule has 39 heavy (non-hydrogen) atoms. The summed E-state index contributed by atoms with van der Waals surface area (Å²) in [6.45, 7) is 12.7. The number of rotatable bonds is 4. The minimum absolute atomic E-state index is 0.0515. The number of ether oxygens (including phenoxy) is 1. The Morgan fingerprint density at radius 3 is 2.08 bits per heavy atom. The highest BCUT2D eigenvalue weighted by atomic mass is 16.5. The molecule has 2 N–H and O–H groups in total. The average molecular weight is 524 g/mol. The van der Waals surface area contributed by atoms with Crippen LogP contribution < -0.4 is 4.74 Å². The number of phenols is 2. The van der Waals surface area contributed by atoms with Crippen LogP contribution in [0, 0.1) is 0 Å². The molecular formula is C33H33NO5. The Labute approximate surface area is 228 Å². The van der Waals surface area contributed by atoms with Crippen molar-refractivity contribution in [3.8, 4) is 17.2 Å². The van der Waals surface area contributed by atoms with Crippen molar-refractivity contribution in [2.75, 3.05) is 0 Å². The van der Waals surface area contributed by atoms with Gasteiger partial charge in [-0.05, 0) is 57.9 Å². The lowest BCUT2D eigenvalue weighted by Gasteiger charge is -2.28. The molecule has 0 spiro atoms. The molecular weight excluding hydrogens is 490 g/mol. The maximum absolute atomic E-state index is 13.1. The number of benzene rings is 3. The monoisotopic (exact) mass is 523 g/mol. The van der Waals surface area contributed by atoms with Gasteiger partial charge in [0.1, 0.15) is 35.3 Å². The Kier molecular flexibility index (Phi) is 6.25. The van der Waals surface area contributed by atoms with E-state index in [4.69, 9.17) is 9.72 Å². The molecule has 0 bridgehead atoms. The molecule has 1 unspecified atom stereocenters. The fourth-order valence-corrected chi connectivity index (χ4v) is 5.19. The van der Waals surface area contributed by atoms with Gasteiger partial charge in [-0.1, -0.05) is 71.9 Å². The van der Waals surface area contributed by atoms with Gasteiger partial charge in [-0.25, -0.2) is 4.98 Å². The highest BCUT2D eigenvalue weighted by molar-refractivity contribution is 6.30. The third-order valence-corrected chi connectivity index (χ3v) is 7.26. The molecule has 1 atom stereocenters. The van der Waals surface area contributed by atoms with Crippen LogP contribution in [-0.4, -0.2) is 26.8 Å². The second kappa shape index (κ2) is 9.23. The number of para-hydroxylation sites is 1. The quantitative estimate of drug-likeness (QED) is 0.280. The predicted octanol–water partition coefficient (Wildman–Crippen LogP) is 6.98. The zero-order valence-corrected chi connectivity index (χ0v) is 23.1. The number of hydrogen-bond donors (Lipinski definition) is 2. The molecule has 0 aliphatic heterocycles. The van der Waals surface area contributed by atoms with Crippen LogP contribution in [0.4, 0.5) is 0 Å². The summed E-state index contributed by atoms with van der Waals surface area (Å²) in [7, 11) is 0. The number of nitrogens with zero attached hydrogens (tertiary/aromatic N) is 1. The van der Waals surface area contributed by atoms with Crippen molar-refractivity contribution in [2.45, 2.75) is 64.9 Å². The smallest absolute Gasteiger partial charge is 0.184 e. The lowest BCUT2D eigenvalue weighted by molar-refractivity contribution is 0.0887. The van der Waals surface area contributed by atoms with Gasteiger partial charge in [-0.2, -0.15) is 0 Å². The first-order chi connectivity index (χ1) is 18.3. The van der Waals surface area contributed by atoms with Gasteiger partial charge in [0.05, 0.1) is 11.3 Å². The summed E-state index contributed by atoms with van der Waals surface area (Å²) in [6.07, 6.45) is 0. The van der Waals surface area contributed by atoms with Crippen LogP contribution in [0.25, 0.3) is 10.9 Å². The molecule has 0 saturated carbocycles. The van der Waals surface area contributed by atoms with Crippen LogP contribution in [0.1, 0.15) is 90.6 Å². The van der Waals surface area contributed by atoms with Crippen molar-refractivity contribution in [1.29, 1.82) is 0 Å². The number of carbonyl (C=O) groups excluding carboxylic acids is 2. The summed E-state index contributed by atoms with van der Waals surface area (Å²) in [4.78, 5) is 31.0. The maximum Gasteiger partial charge on any atom is 0.184 e. The van der Waals surface area contributed by atoms with E-state index >= 15 is 0 Å². The Bertz CT molecular complexity index is 1600. The van der Waals surface area contributed by atoms with E-state index in [1.54, 1.807) is 18.2 Å². The first-order valence-corrected chi connectivity index (χ1v) is 13.1. The topological polar surface area (TPSA) is 96.7 Å². The zero-order chi connectivity index (χ0) is 28.3. The molecule has 1 heterocycles. The van der Waals surface area contributed by atoms with E-state index in [1.165, 1.54) is 6.07 Å². The average Bonchev–Trinajstić information content (AvgIpc) is 3.12. The van der Waals surface area contributed by atoms with Crippen LogP contribution >= 0.6 is 0 Å². The van der Waals surface area contributed by atoms with Crippen molar-refractivity contribution in [3.05, 3.63) is 94.2 Å². The Balaban J connectivity index is 1.51. The molecule has 3 aromatic carbocycles. The highest BCUT2D eigenvalue weighted by Gasteiger charge is 2.42. The van der Waals surface area contributed by atoms with Crippen molar-refractivity contribution in [2.24, 2.45) is 0 Å². The van der Waals surface area contributed by atoms with Gasteiger partial charge in [-0.15, -0.1) is 0 Å². The van der Waals surface area contributed by atoms with Gasteiger partial charge in [0.15, 0.2) is 11.6 Å². The van der Waals surface area contributed by atoms with Gasteiger partial charge < -0.3 is 14.9 Å². The second-order valence-electron chi connectivity index (χ2n) is 12.3. The first-order valence-electron chi connectivity index (χ1n) is 13.1. The van der Waals surface area contributed by atoms with Crippen molar-refractivity contribution in [1.82, 2.24) is 4.98 Å². The van der Waals surface area contributed by atoms with E-state index in [2.05, 4.69) is 41.5 Å². The summed E-state index contributed by atoms with van der Waals surface area (Å²) >= 11 is 0. The van der Waals surface area contributed by atoms with E-state index < -0.39 is 11.7 Å². The SMILES string of the molecule is CC(C)(C)c1cc(COc2cccc3ccc(C4C(=O)c5cccc(O)c5C4=O)nc23)cc(C(C)(C)C)c1O. The van der Waals surface area contributed by atoms with Crippen LogP contribution in [0.5, 0.6) is 17.2 Å². The molecule has 1 aromatic heterocycles. The third kappa shape index (κ3) is 4.65. The van der Waals surface area contributed by atoms with Crippen LogP contribution in [0.2, 0.25) is 0 Å². The number of hydrogen-bond acceptors (Lipinski definition) is 6. The van der Waals surface area contributed by atoms with E-state index in [-0.39, 0.29) is 40.1 Å². The third-order valence-electron chi connectivity index (χ3n) is 7.26. The number of Topliss-reactive ketones (excluding diaryl/α,β-unsaturated/α-hetero) is 2. The molecule has 1 aliphatic carbocycles. The highest BCUT2D eigenvalue weighted by Crippen LogP contribution is 2.41. The predicted molar refractivity (Wildman–Crippen MR) is 151 cm³/mol. The number of fused-ring (bicyclic) bond motifs is 2. The minimum Gasteiger partial charge on any atom is -0.507 e. The molecule has 6 nitrogen and oxygen atoms in total. The molecule has 200 valence electrons. The molecule has 0 amide bonds. The molecule has 1 aliphatic rings. The normalized spacial score (nSPS) is 15.6. The number of aromatic hydroxyl groups is 2. The van der Waals surface area contributed by atoms with Crippen LogP contribution in [-0.2, 0) is 17.4 Å². The minimum atomic E-state index is -1.11. The lowest BCUT2D eigenvalue weighted by atomic mass is 9.78. The van der Waals surface area contributed by atoms with E-state index in [0.29, 0.717) is 22.7 Å². The Hall–Kier alpha value is -4.19. The van der Waals surface area contributed by atoms with Crippen molar-refractivity contribution < 1.29 is 24.5 Å². The number of aromatic nitrogens is 1. The van der Waals surface area contributed by atoms with Gasteiger partial charge in [-0.3, -0.25) is 9.59 Å². The van der Waals surface area contributed by atoms with Crippen LogP contribution in [0.15, 0.2) is 60.7 Å². The van der Waals surface area contributed by atoms with Crippen LogP contribution in [0.3, 0.4) is 0 Å². The van der Waals surface area contributed by atoms with E-state index in [1.807, 2.05) is 36.4 Å². The van der Waals surface area contributed by atoms with Crippen molar-refractivity contribution in [3.63, 3.8) is 0 Å². The van der Waals surface area contributed by atoms with E-state index in [0.717, 1.165) is 22.1 Å². The standard InChI is InChI=1S/C33H33NO5/c1-32(2,3)21-15-18(16-22(30(21)37)33(4,5)6)17-39-25-12-7-9-19-13-14-23(34-28(19)25)27-29(36)20-10-8-11-24(35)26(20)31(27)38/h7-16,27,35,37H,17H2,1-6H3. The van der Waals surface area contributed by atoms with Gasteiger partial charge >= 0.3 is 0 Å². The maximum atomic E-state index is 13.1. The summed E-state index contributed by atoms with van der Waals surface area (Å²) in [5.74, 6) is -1.29. The number of carbonyl (C=O) groups is 2. The summed E-state index contributed by atoms with van der Waals surface area (Å²) in [5, 5.41) is 22.1. The number of phenolic OH excluding ortho intramolecular Hbond substituents is 2. The lowest BCUT2D eigenvalue weighted by Crippen LogP contribution is -2.18.